The van der Waals surface area contributed by atoms with Crippen molar-refractivity contribution in [2.24, 2.45) is 0 Å². The molecule has 2 aromatic heterocycles. The van der Waals surface area contributed by atoms with Gasteiger partial charge in [0, 0.05) is 69.0 Å². The van der Waals surface area contributed by atoms with Crippen LogP contribution in [0.5, 0.6) is 0 Å². The number of hydrogen-bond acceptors (Lipinski definition) is 6. The maximum Gasteiger partial charge on any atom is 0.205 e. The van der Waals surface area contributed by atoms with Crippen LogP contribution in [-0.4, -0.2) is 52.0 Å². The molecule has 0 atom stereocenters. The molecule has 5 nitrogen and oxygen atoms in total. The Balaban J connectivity index is 1.46. The van der Waals surface area contributed by atoms with Crippen molar-refractivity contribution in [3.05, 3.63) is 35.9 Å². The minimum Gasteiger partial charge on any atom is -0.344 e. The second-order valence-electron chi connectivity index (χ2n) is 5.25. The number of rotatable bonds is 5. The van der Waals surface area contributed by atoms with Gasteiger partial charge in [-0.1, -0.05) is 13.0 Å². The zero-order valence-electron chi connectivity index (χ0n) is 12.4. The highest BCUT2D eigenvalue weighted by Gasteiger charge is 2.19. The average molecular weight is 303 g/mol. The molecule has 0 radical (unpaired) electrons. The van der Waals surface area contributed by atoms with Crippen LogP contribution in [0, 0.1) is 0 Å². The number of nitrogens with zero attached hydrogens (tertiary/aromatic N) is 5. The lowest BCUT2D eigenvalue weighted by Crippen LogP contribution is -2.47. The van der Waals surface area contributed by atoms with E-state index in [1.807, 2.05) is 12.3 Å². The van der Waals surface area contributed by atoms with Gasteiger partial charge >= 0.3 is 0 Å². The smallest absolute Gasteiger partial charge is 0.205 e. The van der Waals surface area contributed by atoms with E-state index in [0.29, 0.717) is 0 Å². The molecule has 1 aliphatic rings. The SMILES string of the molecule is CCc1nsc(N2CCN(CCc3ccccn3)CC2)n1. The zero-order chi connectivity index (χ0) is 14.5. The molecule has 112 valence electrons. The number of anilines is 1. The molecular weight excluding hydrogens is 282 g/mol. The molecule has 3 heterocycles. The van der Waals surface area contributed by atoms with E-state index in [0.717, 1.165) is 56.5 Å². The van der Waals surface area contributed by atoms with Crippen molar-refractivity contribution in [1.82, 2.24) is 19.2 Å². The Labute approximate surface area is 129 Å². The highest BCUT2D eigenvalue weighted by atomic mass is 32.1. The van der Waals surface area contributed by atoms with Crippen molar-refractivity contribution in [2.75, 3.05) is 37.6 Å². The number of aromatic nitrogens is 3. The van der Waals surface area contributed by atoms with E-state index in [4.69, 9.17) is 0 Å². The number of pyridine rings is 1. The van der Waals surface area contributed by atoms with Gasteiger partial charge in [0.1, 0.15) is 5.82 Å². The quantitative estimate of drug-likeness (QED) is 0.843. The second kappa shape index (κ2) is 6.95. The Bertz CT molecular complexity index is 548. The summed E-state index contributed by atoms with van der Waals surface area (Å²) >= 11 is 1.53. The molecule has 21 heavy (non-hydrogen) atoms. The van der Waals surface area contributed by atoms with Gasteiger partial charge in [-0.25, -0.2) is 4.98 Å². The molecule has 1 aliphatic heterocycles. The lowest BCUT2D eigenvalue weighted by atomic mass is 10.2. The van der Waals surface area contributed by atoms with Gasteiger partial charge in [-0.3, -0.25) is 9.88 Å². The van der Waals surface area contributed by atoms with Gasteiger partial charge in [0.25, 0.3) is 0 Å². The molecule has 1 fully saturated rings. The summed E-state index contributed by atoms with van der Waals surface area (Å²) in [6.07, 6.45) is 3.81. The van der Waals surface area contributed by atoms with Crippen molar-refractivity contribution >= 4 is 16.7 Å². The maximum absolute atomic E-state index is 4.58. The summed E-state index contributed by atoms with van der Waals surface area (Å²) < 4.78 is 4.37. The fourth-order valence-corrected chi connectivity index (χ4v) is 3.30. The molecule has 6 heteroatoms. The monoisotopic (exact) mass is 303 g/mol. The van der Waals surface area contributed by atoms with Crippen LogP contribution < -0.4 is 4.90 Å². The zero-order valence-corrected chi connectivity index (χ0v) is 13.2. The molecule has 0 amide bonds. The molecule has 0 spiro atoms. The van der Waals surface area contributed by atoms with Gasteiger partial charge in [0.15, 0.2) is 0 Å². The first kappa shape index (κ1) is 14.4. The summed E-state index contributed by atoms with van der Waals surface area (Å²) in [5.74, 6) is 0.965. The first-order valence-electron chi connectivity index (χ1n) is 7.55. The highest BCUT2D eigenvalue weighted by molar-refractivity contribution is 7.09. The summed E-state index contributed by atoms with van der Waals surface area (Å²) in [5, 5.41) is 1.08. The molecule has 1 saturated heterocycles. The predicted octanol–water partition coefficient (Wildman–Crippen LogP) is 1.86. The molecular formula is C15H21N5S. The van der Waals surface area contributed by atoms with Gasteiger partial charge in [0.05, 0.1) is 0 Å². The summed E-state index contributed by atoms with van der Waals surface area (Å²) in [7, 11) is 0. The summed E-state index contributed by atoms with van der Waals surface area (Å²) in [4.78, 5) is 13.8. The van der Waals surface area contributed by atoms with Crippen LogP contribution in [0.4, 0.5) is 5.13 Å². The van der Waals surface area contributed by atoms with Gasteiger partial charge in [-0.05, 0) is 12.1 Å². The Morgan fingerprint density at radius 1 is 1.19 bits per heavy atom. The van der Waals surface area contributed by atoms with Crippen LogP contribution in [0.25, 0.3) is 0 Å². The Kier molecular flexibility index (Phi) is 4.77. The second-order valence-corrected chi connectivity index (χ2v) is 5.98. The van der Waals surface area contributed by atoms with Crippen LogP contribution in [-0.2, 0) is 12.8 Å². The van der Waals surface area contributed by atoms with E-state index in [2.05, 4.69) is 43.2 Å². The predicted molar refractivity (Wildman–Crippen MR) is 85.9 cm³/mol. The molecule has 0 aromatic carbocycles. The molecule has 0 aliphatic carbocycles. The van der Waals surface area contributed by atoms with Gasteiger partial charge in [-0.2, -0.15) is 4.37 Å². The van der Waals surface area contributed by atoms with Crippen molar-refractivity contribution in [2.45, 2.75) is 19.8 Å². The lowest BCUT2D eigenvalue weighted by molar-refractivity contribution is 0.260. The molecule has 0 saturated carbocycles. The topological polar surface area (TPSA) is 45.2 Å². The van der Waals surface area contributed by atoms with E-state index >= 15 is 0 Å². The van der Waals surface area contributed by atoms with Crippen LogP contribution in [0.1, 0.15) is 18.4 Å². The molecule has 0 unspecified atom stereocenters. The minimum atomic E-state index is 0.917. The number of piperazine rings is 1. The fraction of sp³-hybridized carbons (Fsp3) is 0.533. The average Bonchev–Trinajstić information content (AvgIpc) is 3.03. The third-order valence-electron chi connectivity index (χ3n) is 3.83. The van der Waals surface area contributed by atoms with Gasteiger partial charge in [0.2, 0.25) is 5.13 Å². The van der Waals surface area contributed by atoms with Crippen molar-refractivity contribution in [3.8, 4) is 0 Å². The van der Waals surface area contributed by atoms with Crippen molar-refractivity contribution in [1.29, 1.82) is 0 Å². The molecule has 0 bridgehead atoms. The maximum atomic E-state index is 4.58. The van der Waals surface area contributed by atoms with E-state index < -0.39 is 0 Å². The minimum absolute atomic E-state index is 0.917. The first-order valence-corrected chi connectivity index (χ1v) is 8.32. The van der Waals surface area contributed by atoms with Crippen LogP contribution in [0.2, 0.25) is 0 Å². The van der Waals surface area contributed by atoms with Gasteiger partial charge < -0.3 is 4.90 Å². The van der Waals surface area contributed by atoms with E-state index in [1.54, 1.807) is 0 Å². The summed E-state index contributed by atoms with van der Waals surface area (Å²) in [6, 6.07) is 6.12. The highest BCUT2D eigenvalue weighted by Crippen LogP contribution is 2.19. The van der Waals surface area contributed by atoms with Crippen LogP contribution in [0.15, 0.2) is 24.4 Å². The number of hydrogen-bond donors (Lipinski definition) is 0. The van der Waals surface area contributed by atoms with Crippen molar-refractivity contribution in [3.63, 3.8) is 0 Å². The number of aryl methyl sites for hydroxylation is 1. The standard InChI is InChI=1S/C15H21N5S/c1-2-14-17-15(21-18-14)20-11-9-19(10-12-20)8-6-13-5-3-4-7-16-13/h3-5,7H,2,6,8-12H2,1H3. The molecule has 2 aromatic rings. The third-order valence-corrected chi connectivity index (χ3v) is 4.64. The van der Waals surface area contributed by atoms with Gasteiger partial charge in [-0.15, -0.1) is 0 Å². The van der Waals surface area contributed by atoms with E-state index in [9.17, 15) is 0 Å². The lowest BCUT2D eigenvalue weighted by Gasteiger charge is -2.34. The molecule has 0 N–H and O–H groups in total. The van der Waals surface area contributed by atoms with Crippen LogP contribution in [0.3, 0.4) is 0 Å². The molecule has 3 rings (SSSR count). The van der Waals surface area contributed by atoms with Crippen molar-refractivity contribution < 1.29 is 0 Å². The Morgan fingerprint density at radius 3 is 2.71 bits per heavy atom. The Morgan fingerprint density at radius 2 is 2.05 bits per heavy atom. The summed E-state index contributed by atoms with van der Waals surface area (Å²) in [6.45, 7) is 7.45. The largest absolute Gasteiger partial charge is 0.344 e. The van der Waals surface area contributed by atoms with Crippen LogP contribution >= 0.6 is 11.5 Å². The van der Waals surface area contributed by atoms with E-state index in [-0.39, 0.29) is 0 Å². The summed E-state index contributed by atoms with van der Waals surface area (Å²) in [5.41, 5.74) is 1.18. The first-order chi connectivity index (χ1) is 10.3. The Hall–Kier alpha value is -1.53. The fourth-order valence-electron chi connectivity index (χ4n) is 2.50. The normalized spacial score (nSPS) is 16.3. The van der Waals surface area contributed by atoms with E-state index in [1.165, 1.54) is 17.2 Å². The third kappa shape index (κ3) is 3.77.